The van der Waals surface area contributed by atoms with E-state index in [1.165, 1.54) is 12.3 Å². The van der Waals surface area contributed by atoms with Crippen molar-refractivity contribution < 1.29 is 13.2 Å². The van der Waals surface area contributed by atoms with Gasteiger partial charge in [0, 0.05) is 18.5 Å². The lowest BCUT2D eigenvalue weighted by Crippen LogP contribution is -2.37. The number of nitrogen functional groups attached to an aromatic ring is 1. The SMILES string of the molecule is CC(CS(C)(=O)=O)NC(=O)c1cc(NN)ccn1. The molecule has 1 heterocycles. The normalized spacial score (nSPS) is 12.8. The molecular formula is C10H16N4O3S. The van der Waals surface area contributed by atoms with Crippen molar-refractivity contribution in [3.63, 3.8) is 0 Å². The van der Waals surface area contributed by atoms with Crippen molar-refractivity contribution in [1.29, 1.82) is 0 Å². The first-order chi connectivity index (χ1) is 8.31. The second kappa shape index (κ2) is 5.78. The summed E-state index contributed by atoms with van der Waals surface area (Å²) >= 11 is 0. The van der Waals surface area contributed by atoms with E-state index in [0.717, 1.165) is 6.26 Å². The molecule has 7 nitrogen and oxygen atoms in total. The molecule has 1 rings (SSSR count). The van der Waals surface area contributed by atoms with Crippen LogP contribution >= 0.6 is 0 Å². The molecule has 0 aliphatic carbocycles. The molecular weight excluding hydrogens is 256 g/mol. The van der Waals surface area contributed by atoms with E-state index < -0.39 is 21.8 Å². The van der Waals surface area contributed by atoms with Crippen molar-refractivity contribution in [2.45, 2.75) is 13.0 Å². The Morgan fingerprint density at radius 2 is 2.22 bits per heavy atom. The largest absolute Gasteiger partial charge is 0.347 e. The molecule has 0 radical (unpaired) electrons. The Morgan fingerprint density at radius 3 is 2.78 bits per heavy atom. The van der Waals surface area contributed by atoms with Crippen LogP contribution in [0.2, 0.25) is 0 Å². The number of hydrazine groups is 1. The molecule has 0 saturated carbocycles. The zero-order valence-corrected chi connectivity index (χ0v) is 11.0. The molecule has 0 bridgehead atoms. The molecule has 8 heteroatoms. The molecule has 1 aromatic heterocycles. The molecule has 1 atom stereocenters. The first kappa shape index (κ1) is 14.4. The molecule has 0 saturated heterocycles. The number of hydrogen-bond donors (Lipinski definition) is 3. The number of nitrogens with zero attached hydrogens (tertiary/aromatic N) is 1. The van der Waals surface area contributed by atoms with Crippen LogP contribution in [-0.4, -0.2) is 37.4 Å². The van der Waals surface area contributed by atoms with Crippen LogP contribution in [0.1, 0.15) is 17.4 Å². The molecule has 18 heavy (non-hydrogen) atoms. The van der Waals surface area contributed by atoms with Gasteiger partial charge < -0.3 is 10.7 Å². The average Bonchev–Trinajstić information content (AvgIpc) is 2.26. The minimum Gasteiger partial charge on any atom is -0.347 e. The fraction of sp³-hybridized carbons (Fsp3) is 0.400. The minimum atomic E-state index is -3.13. The monoisotopic (exact) mass is 272 g/mol. The summed E-state index contributed by atoms with van der Waals surface area (Å²) in [5, 5.41) is 2.55. The summed E-state index contributed by atoms with van der Waals surface area (Å²) in [6.07, 6.45) is 2.55. The van der Waals surface area contributed by atoms with E-state index in [0.29, 0.717) is 5.69 Å². The second-order valence-corrected chi connectivity index (χ2v) is 6.23. The number of aromatic nitrogens is 1. The number of sulfone groups is 1. The van der Waals surface area contributed by atoms with Gasteiger partial charge in [-0.25, -0.2) is 8.42 Å². The molecule has 0 fully saturated rings. The van der Waals surface area contributed by atoms with E-state index in [9.17, 15) is 13.2 Å². The average molecular weight is 272 g/mol. The standard InChI is InChI=1S/C10H16N4O3S/c1-7(6-18(2,16)17)13-10(15)9-5-8(14-11)3-4-12-9/h3-5,7H,6,11H2,1-2H3,(H,12,14)(H,13,15). The van der Waals surface area contributed by atoms with Gasteiger partial charge in [0.2, 0.25) is 0 Å². The summed E-state index contributed by atoms with van der Waals surface area (Å²) in [5.41, 5.74) is 3.12. The Bertz CT molecular complexity index is 530. The Morgan fingerprint density at radius 1 is 1.56 bits per heavy atom. The second-order valence-electron chi connectivity index (χ2n) is 4.04. The Labute approximate surface area is 106 Å². The third-order valence-electron chi connectivity index (χ3n) is 2.09. The van der Waals surface area contributed by atoms with Crippen LogP contribution in [0.25, 0.3) is 0 Å². The minimum absolute atomic E-state index is 0.117. The van der Waals surface area contributed by atoms with Crippen LogP contribution in [0, 0.1) is 0 Å². The summed E-state index contributed by atoms with van der Waals surface area (Å²) in [6.45, 7) is 1.62. The Kier molecular flexibility index (Phi) is 4.62. The maximum absolute atomic E-state index is 11.8. The van der Waals surface area contributed by atoms with Gasteiger partial charge in [0.25, 0.3) is 5.91 Å². The molecule has 1 amide bonds. The van der Waals surface area contributed by atoms with Crippen molar-refractivity contribution in [1.82, 2.24) is 10.3 Å². The lowest BCUT2D eigenvalue weighted by Gasteiger charge is -2.12. The zero-order valence-electron chi connectivity index (χ0n) is 10.2. The summed E-state index contributed by atoms with van der Waals surface area (Å²) in [4.78, 5) is 15.7. The smallest absolute Gasteiger partial charge is 0.270 e. The number of hydrogen-bond acceptors (Lipinski definition) is 6. The van der Waals surface area contributed by atoms with Crippen LogP contribution in [0.3, 0.4) is 0 Å². The van der Waals surface area contributed by atoms with E-state index in [4.69, 9.17) is 5.84 Å². The van der Waals surface area contributed by atoms with Crippen LogP contribution in [0.4, 0.5) is 5.69 Å². The maximum atomic E-state index is 11.8. The Balaban J connectivity index is 2.70. The number of carbonyl (C=O) groups excluding carboxylic acids is 1. The van der Waals surface area contributed by atoms with Crippen LogP contribution in [-0.2, 0) is 9.84 Å². The van der Waals surface area contributed by atoms with Crippen molar-refractivity contribution in [2.24, 2.45) is 5.84 Å². The van der Waals surface area contributed by atoms with Gasteiger partial charge in [-0.3, -0.25) is 15.6 Å². The van der Waals surface area contributed by atoms with Gasteiger partial charge in [-0.2, -0.15) is 0 Å². The number of pyridine rings is 1. The predicted octanol–water partition coefficient (Wildman–Crippen LogP) is -0.470. The highest BCUT2D eigenvalue weighted by Crippen LogP contribution is 2.06. The zero-order chi connectivity index (χ0) is 13.8. The number of anilines is 1. The molecule has 0 aromatic carbocycles. The highest BCUT2D eigenvalue weighted by molar-refractivity contribution is 7.90. The number of rotatable bonds is 5. The van der Waals surface area contributed by atoms with Crippen molar-refractivity contribution in [2.75, 3.05) is 17.4 Å². The van der Waals surface area contributed by atoms with Gasteiger partial charge in [0.15, 0.2) is 0 Å². The highest BCUT2D eigenvalue weighted by Gasteiger charge is 2.15. The van der Waals surface area contributed by atoms with Crippen molar-refractivity contribution in [3.05, 3.63) is 24.0 Å². The molecule has 100 valence electrons. The van der Waals surface area contributed by atoms with E-state index in [1.807, 2.05) is 0 Å². The molecule has 0 aliphatic rings. The first-order valence-electron chi connectivity index (χ1n) is 5.23. The molecule has 0 spiro atoms. The van der Waals surface area contributed by atoms with Crippen molar-refractivity contribution in [3.8, 4) is 0 Å². The van der Waals surface area contributed by atoms with E-state index in [2.05, 4.69) is 15.7 Å². The fourth-order valence-corrected chi connectivity index (χ4v) is 2.43. The van der Waals surface area contributed by atoms with E-state index in [-0.39, 0.29) is 11.4 Å². The van der Waals surface area contributed by atoms with Crippen LogP contribution < -0.4 is 16.6 Å². The summed E-state index contributed by atoms with van der Waals surface area (Å²) in [6, 6.07) is 2.60. The van der Waals surface area contributed by atoms with Crippen LogP contribution in [0.15, 0.2) is 18.3 Å². The quantitative estimate of drug-likeness (QED) is 0.493. The highest BCUT2D eigenvalue weighted by atomic mass is 32.2. The number of carbonyl (C=O) groups is 1. The van der Waals surface area contributed by atoms with Crippen LogP contribution in [0.5, 0.6) is 0 Å². The maximum Gasteiger partial charge on any atom is 0.270 e. The third kappa shape index (κ3) is 4.68. The molecule has 4 N–H and O–H groups in total. The summed E-state index contributed by atoms with van der Waals surface area (Å²) in [7, 11) is -3.13. The lowest BCUT2D eigenvalue weighted by molar-refractivity contribution is 0.0938. The van der Waals surface area contributed by atoms with Crippen molar-refractivity contribution >= 4 is 21.4 Å². The number of amides is 1. The topological polar surface area (TPSA) is 114 Å². The Hall–Kier alpha value is -1.67. The van der Waals surface area contributed by atoms with Gasteiger partial charge >= 0.3 is 0 Å². The molecule has 1 unspecified atom stereocenters. The first-order valence-corrected chi connectivity index (χ1v) is 7.29. The number of nitrogens with one attached hydrogen (secondary N) is 2. The molecule has 1 aromatic rings. The van der Waals surface area contributed by atoms with E-state index >= 15 is 0 Å². The van der Waals surface area contributed by atoms with Gasteiger partial charge in [-0.05, 0) is 19.1 Å². The predicted molar refractivity (Wildman–Crippen MR) is 68.7 cm³/mol. The van der Waals surface area contributed by atoms with E-state index in [1.54, 1.807) is 13.0 Å². The van der Waals surface area contributed by atoms with Gasteiger partial charge in [-0.1, -0.05) is 0 Å². The van der Waals surface area contributed by atoms with Gasteiger partial charge in [-0.15, -0.1) is 0 Å². The number of nitrogens with two attached hydrogens (primary N) is 1. The lowest BCUT2D eigenvalue weighted by atomic mass is 10.3. The van der Waals surface area contributed by atoms with Gasteiger partial charge in [0.1, 0.15) is 15.5 Å². The third-order valence-corrected chi connectivity index (χ3v) is 3.19. The van der Waals surface area contributed by atoms with Gasteiger partial charge in [0.05, 0.1) is 11.4 Å². The molecule has 0 aliphatic heterocycles. The summed E-state index contributed by atoms with van der Waals surface area (Å²) < 4.78 is 22.1. The summed E-state index contributed by atoms with van der Waals surface area (Å²) in [5.74, 6) is 4.66. The fourth-order valence-electron chi connectivity index (χ4n) is 1.44.